The van der Waals surface area contributed by atoms with E-state index in [2.05, 4.69) is 15.2 Å². The number of nitrogens with zero attached hydrogens (tertiary/aromatic N) is 4. The Morgan fingerprint density at radius 2 is 1.97 bits per heavy atom. The molecular formula is C22H23F3N6OS. The van der Waals surface area contributed by atoms with Gasteiger partial charge in [-0.1, -0.05) is 38.1 Å². The van der Waals surface area contributed by atoms with Crippen LogP contribution in [0, 0.1) is 17.2 Å². The number of aromatic amines is 1. The Labute approximate surface area is 193 Å². The number of nitrogens with one attached hydrogen (secondary N) is 1. The van der Waals surface area contributed by atoms with Crippen LogP contribution in [0.15, 0.2) is 42.0 Å². The van der Waals surface area contributed by atoms with Gasteiger partial charge in [0.25, 0.3) is 0 Å². The Balaban J connectivity index is 1.95. The Bertz CT molecular complexity index is 1100. The van der Waals surface area contributed by atoms with Crippen LogP contribution in [-0.2, 0) is 4.79 Å². The molecule has 2 atom stereocenters. The first-order valence-corrected chi connectivity index (χ1v) is 11.0. The number of hydrogen-bond acceptors (Lipinski definition) is 6. The molecule has 0 saturated carbocycles. The normalized spacial score (nSPS) is 13.8. The van der Waals surface area contributed by atoms with Crippen molar-refractivity contribution in [3.05, 3.63) is 47.6 Å². The van der Waals surface area contributed by atoms with Crippen LogP contribution in [0.25, 0.3) is 21.8 Å². The first kappa shape index (κ1) is 24.4. The standard InChI is InChI=1S/C22H23F3N6OS/c1-13(2)9-18(20(27)32)31(8-7-26)19(22(23,24)25)15-5-3-14(4-6-15)17-12-33-21(30-17)16-10-28-29-11-16/h3-6,10-13,18-19H,8-9H2,1-2H3,(H2,27,32)(H,28,29)/t18-,19-/m0/s1. The quantitative estimate of drug-likeness (QED) is 0.441. The van der Waals surface area contributed by atoms with Crippen molar-refractivity contribution in [2.24, 2.45) is 11.7 Å². The Morgan fingerprint density at radius 1 is 1.27 bits per heavy atom. The third-order valence-corrected chi connectivity index (χ3v) is 5.98. The van der Waals surface area contributed by atoms with Gasteiger partial charge in [-0.2, -0.15) is 23.5 Å². The van der Waals surface area contributed by atoms with E-state index in [1.165, 1.54) is 23.5 Å². The van der Waals surface area contributed by atoms with E-state index < -0.39 is 30.7 Å². The third kappa shape index (κ3) is 5.77. The lowest BCUT2D eigenvalue weighted by atomic mass is 9.96. The fourth-order valence-electron chi connectivity index (χ4n) is 3.64. The molecule has 11 heteroatoms. The number of halogens is 3. The summed E-state index contributed by atoms with van der Waals surface area (Å²) in [5.74, 6) is -0.979. The number of hydrogen-bond donors (Lipinski definition) is 2. The van der Waals surface area contributed by atoms with Crippen molar-refractivity contribution in [1.29, 1.82) is 5.26 Å². The second-order valence-corrected chi connectivity index (χ2v) is 8.83. The molecule has 0 unspecified atom stereocenters. The lowest BCUT2D eigenvalue weighted by molar-refractivity contribution is -0.192. The highest BCUT2D eigenvalue weighted by Crippen LogP contribution is 2.40. The summed E-state index contributed by atoms with van der Waals surface area (Å²) in [4.78, 5) is 17.4. The first-order chi connectivity index (χ1) is 15.6. The molecule has 0 radical (unpaired) electrons. The molecule has 174 valence electrons. The van der Waals surface area contributed by atoms with Gasteiger partial charge in [-0.15, -0.1) is 11.3 Å². The van der Waals surface area contributed by atoms with E-state index >= 15 is 0 Å². The van der Waals surface area contributed by atoms with Crippen molar-refractivity contribution in [3.8, 4) is 27.9 Å². The molecule has 0 aliphatic heterocycles. The molecule has 0 saturated heterocycles. The van der Waals surface area contributed by atoms with E-state index in [-0.39, 0.29) is 17.9 Å². The van der Waals surface area contributed by atoms with Gasteiger partial charge >= 0.3 is 6.18 Å². The highest BCUT2D eigenvalue weighted by atomic mass is 32.1. The van der Waals surface area contributed by atoms with Crippen molar-refractivity contribution in [3.63, 3.8) is 0 Å². The second kappa shape index (κ2) is 10.1. The average Bonchev–Trinajstić information content (AvgIpc) is 3.43. The predicted octanol–water partition coefficient (Wildman–Crippen LogP) is 4.53. The van der Waals surface area contributed by atoms with Crippen LogP contribution in [-0.4, -0.2) is 44.8 Å². The molecule has 3 rings (SSSR count). The molecule has 1 aromatic carbocycles. The van der Waals surface area contributed by atoms with Crippen molar-refractivity contribution < 1.29 is 18.0 Å². The van der Waals surface area contributed by atoms with Gasteiger partial charge < -0.3 is 5.73 Å². The Hall–Kier alpha value is -3.23. The molecule has 0 spiro atoms. The summed E-state index contributed by atoms with van der Waals surface area (Å²) >= 11 is 1.39. The molecule has 33 heavy (non-hydrogen) atoms. The number of benzene rings is 1. The molecule has 7 nitrogen and oxygen atoms in total. The number of amides is 1. The largest absolute Gasteiger partial charge is 0.408 e. The summed E-state index contributed by atoms with van der Waals surface area (Å²) in [5.41, 5.74) is 7.44. The molecule has 2 aromatic heterocycles. The molecule has 3 aromatic rings. The summed E-state index contributed by atoms with van der Waals surface area (Å²) < 4.78 is 42.6. The van der Waals surface area contributed by atoms with Gasteiger partial charge in [0, 0.05) is 22.7 Å². The zero-order valence-corrected chi connectivity index (χ0v) is 18.8. The SMILES string of the molecule is CC(C)C[C@@H](C(N)=O)N(CC#N)[C@@H](c1ccc(-c2csc(-c3cn[nH]c3)n2)cc1)C(F)(F)F. The van der Waals surface area contributed by atoms with Crippen molar-refractivity contribution >= 4 is 17.2 Å². The first-order valence-electron chi connectivity index (χ1n) is 10.2. The van der Waals surface area contributed by atoms with Crippen LogP contribution < -0.4 is 5.73 Å². The number of carbonyl (C=O) groups excluding carboxylic acids is 1. The molecule has 0 fully saturated rings. The molecule has 1 amide bonds. The van der Waals surface area contributed by atoms with Gasteiger partial charge in [0.05, 0.1) is 30.5 Å². The van der Waals surface area contributed by atoms with Gasteiger partial charge in [-0.25, -0.2) is 4.98 Å². The lowest BCUT2D eigenvalue weighted by Gasteiger charge is -2.37. The fourth-order valence-corrected chi connectivity index (χ4v) is 4.45. The predicted molar refractivity (Wildman–Crippen MR) is 119 cm³/mol. The van der Waals surface area contributed by atoms with E-state index in [0.717, 1.165) is 15.5 Å². The minimum atomic E-state index is -4.72. The number of thiazole rings is 1. The number of H-pyrrole nitrogens is 1. The number of carbonyl (C=O) groups is 1. The van der Waals surface area contributed by atoms with Gasteiger partial charge in [0.1, 0.15) is 11.0 Å². The van der Waals surface area contributed by atoms with Crippen LogP contribution in [0.2, 0.25) is 0 Å². The van der Waals surface area contributed by atoms with Crippen LogP contribution in [0.4, 0.5) is 13.2 Å². The number of alkyl halides is 3. The average molecular weight is 477 g/mol. The van der Waals surface area contributed by atoms with Crippen molar-refractivity contribution in [2.75, 3.05) is 6.54 Å². The zero-order chi connectivity index (χ0) is 24.2. The Kier molecular flexibility index (Phi) is 7.50. The lowest BCUT2D eigenvalue weighted by Crippen LogP contribution is -2.51. The Morgan fingerprint density at radius 3 is 2.48 bits per heavy atom. The number of nitrogens with two attached hydrogens (primary N) is 1. The molecule has 0 aliphatic carbocycles. The summed E-state index contributed by atoms with van der Waals surface area (Å²) in [5, 5.41) is 18.3. The van der Waals surface area contributed by atoms with E-state index in [1.807, 2.05) is 5.38 Å². The maximum absolute atomic E-state index is 14.2. The van der Waals surface area contributed by atoms with Crippen LogP contribution in [0.3, 0.4) is 0 Å². The topological polar surface area (TPSA) is 112 Å². The van der Waals surface area contributed by atoms with E-state index in [4.69, 9.17) is 5.73 Å². The highest BCUT2D eigenvalue weighted by Gasteiger charge is 2.47. The van der Waals surface area contributed by atoms with E-state index in [0.29, 0.717) is 11.3 Å². The van der Waals surface area contributed by atoms with Gasteiger partial charge in [-0.3, -0.25) is 14.8 Å². The van der Waals surface area contributed by atoms with Gasteiger partial charge in [0.2, 0.25) is 5.91 Å². The fraction of sp³-hybridized carbons (Fsp3) is 0.364. The van der Waals surface area contributed by atoms with Crippen LogP contribution in [0.5, 0.6) is 0 Å². The molecule has 2 heterocycles. The number of nitriles is 1. The molecule has 3 N–H and O–H groups in total. The number of rotatable bonds is 9. The van der Waals surface area contributed by atoms with E-state index in [1.54, 1.807) is 44.4 Å². The minimum Gasteiger partial charge on any atom is -0.368 e. The number of primary amides is 1. The highest BCUT2D eigenvalue weighted by molar-refractivity contribution is 7.13. The number of aromatic nitrogens is 3. The third-order valence-electron chi connectivity index (χ3n) is 5.09. The molecule has 0 bridgehead atoms. The summed E-state index contributed by atoms with van der Waals surface area (Å²) in [7, 11) is 0. The monoisotopic (exact) mass is 476 g/mol. The van der Waals surface area contributed by atoms with Crippen LogP contribution >= 0.6 is 11.3 Å². The van der Waals surface area contributed by atoms with Crippen molar-refractivity contribution in [1.82, 2.24) is 20.1 Å². The summed E-state index contributed by atoms with van der Waals surface area (Å²) in [6.07, 6.45) is -1.28. The van der Waals surface area contributed by atoms with Crippen molar-refractivity contribution in [2.45, 2.75) is 38.5 Å². The minimum absolute atomic E-state index is 0.0817. The van der Waals surface area contributed by atoms with E-state index in [9.17, 15) is 23.2 Å². The maximum Gasteiger partial charge on any atom is 0.408 e. The summed E-state index contributed by atoms with van der Waals surface area (Å²) in [6.45, 7) is 2.97. The smallest absolute Gasteiger partial charge is 0.368 e. The van der Waals surface area contributed by atoms with Crippen LogP contribution in [0.1, 0.15) is 31.9 Å². The summed E-state index contributed by atoms with van der Waals surface area (Å²) in [6, 6.07) is 4.17. The maximum atomic E-state index is 14.2. The molecule has 0 aliphatic rings. The van der Waals surface area contributed by atoms with Gasteiger partial charge in [0.15, 0.2) is 0 Å². The zero-order valence-electron chi connectivity index (χ0n) is 18.0. The second-order valence-electron chi connectivity index (χ2n) is 7.97. The van der Waals surface area contributed by atoms with Gasteiger partial charge in [-0.05, 0) is 17.9 Å². The molecular weight excluding hydrogens is 453 g/mol.